The van der Waals surface area contributed by atoms with Crippen molar-refractivity contribution in [1.29, 1.82) is 0 Å². The van der Waals surface area contributed by atoms with Crippen LogP contribution in [0.4, 0.5) is 13.2 Å². The van der Waals surface area contributed by atoms with Gasteiger partial charge >= 0.3 is 6.18 Å². The zero-order chi connectivity index (χ0) is 19.4. The molecule has 2 aromatic carbocycles. The highest BCUT2D eigenvalue weighted by Crippen LogP contribution is 2.42. The number of alkyl halides is 3. The van der Waals surface area contributed by atoms with Gasteiger partial charge in [0, 0.05) is 36.2 Å². The van der Waals surface area contributed by atoms with Crippen molar-refractivity contribution in [3.05, 3.63) is 63.6 Å². The van der Waals surface area contributed by atoms with Crippen LogP contribution in [-0.2, 0) is 6.18 Å². The first-order valence-electron chi connectivity index (χ1n) is 8.95. The fraction of sp³-hybridized carbons (Fsp3) is 0.400. The number of hydrogen-bond acceptors (Lipinski definition) is 3. The average Bonchev–Trinajstić information content (AvgIpc) is 2.65. The third-order valence-electron chi connectivity index (χ3n) is 4.64. The normalized spacial score (nSPS) is 16.9. The Morgan fingerprint density at radius 1 is 1.11 bits per heavy atom. The van der Waals surface area contributed by atoms with E-state index in [1.165, 1.54) is 6.07 Å². The molecule has 146 valence electrons. The van der Waals surface area contributed by atoms with E-state index in [-0.39, 0.29) is 5.56 Å². The first-order valence-corrected chi connectivity index (χ1v) is 9.74. The zero-order valence-electron chi connectivity index (χ0n) is 15.0. The summed E-state index contributed by atoms with van der Waals surface area (Å²) in [6.45, 7) is 5.12. The van der Waals surface area contributed by atoms with Gasteiger partial charge in [0.15, 0.2) is 0 Å². The van der Waals surface area contributed by atoms with Gasteiger partial charge in [0.05, 0.1) is 18.2 Å². The predicted molar refractivity (Wildman–Crippen MR) is 103 cm³/mol. The summed E-state index contributed by atoms with van der Waals surface area (Å²) >= 11 is 3.46. The quantitative estimate of drug-likeness (QED) is 0.715. The van der Waals surface area contributed by atoms with Crippen LogP contribution in [0.5, 0.6) is 5.75 Å². The van der Waals surface area contributed by atoms with Crippen molar-refractivity contribution in [1.82, 2.24) is 10.2 Å². The first kappa shape index (κ1) is 20.2. The molecule has 0 bridgehead atoms. The molecule has 2 aromatic rings. The lowest BCUT2D eigenvalue weighted by atomic mass is 9.91. The third kappa shape index (κ3) is 4.65. The van der Waals surface area contributed by atoms with E-state index in [0.29, 0.717) is 25.4 Å². The molecule has 1 unspecified atom stereocenters. The Kier molecular flexibility index (Phi) is 6.44. The van der Waals surface area contributed by atoms with Gasteiger partial charge in [-0.1, -0.05) is 34.1 Å². The van der Waals surface area contributed by atoms with Crippen molar-refractivity contribution in [2.75, 3.05) is 32.8 Å². The van der Waals surface area contributed by atoms with Crippen LogP contribution in [0.3, 0.4) is 0 Å². The second kappa shape index (κ2) is 8.63. The molecule has 1 heterocycles. The summed E-state index contributed by atoms with van der Waals surface area (Å²) in [5, 5.41) is 3.26. The second-order valence-electron chi connectivity index (χ2n) is 6.39. The molecule has 1 saturated heterocycles. The molecule has 1 aliphatic rings. The Balaban J connectivity index is 2.19. The largest absolute Gasteiger partial charge is 0.494 e. The minimum absolute atomic E-state index is 0.256. The van der Waals surface area contributed by atoms with Crippen molar-refractivity contribution in [3.8, 4) is 5.75 Å². The van der Waals surface area contributed by atoms with Crippen molar-refractivity contribution in [3.63, 3.8) is 0 Å². The number of rotatable bonds is 5. The summed E-state index contributed by atoms with van der Waals surface area (Å²) in [5.74, 6) is 0.612. The molecular weight excluding hydrogens is 421 g/mol. The smallest absolute Gasteiger partial charge is 0.416 e. The van der Waals surface area contributed by atoms with Gasteiger partial charge in [-0.2, -0.15) is 13.2 Å². The maximum Gasteiger partial charge on any atom is 0.416 e. The Labute approximate surface area is 165 Å². The molecule has 1 atom stereocenters. The summed E-state index contributed by atoms with van der Waals surface area (Å²) in [5.41, 5.74) is 0.395. The molecule has 3 nitrogen and oxygen atoms in total. The lowest BCUT2D eigenvalue weighted by Gasteiger charge is -2.37. The molecule has 0 amide bonds. The van der Waals surface area contributed by atoms with E-state index in [1.54, 1.807) is 12.1 Å². The molecule has 1 fully saturated rings. The molecule has 0 saturated carbocycles. The van der Waals surface area contributed by atoms with Crippen LogP contribution in [0.25, 0.3) is 0 Å². The van der Waals surface area contributed by atoms with Crippen LogP contribution in [-0.4, -0.2) is 37.7 Å². The van der Waals surface area contributed by atoms with Crippen LogP contribution in [0.15, 0.2) is 46.9 Å². The van der Waals surface area contributed by atoms with E-state index >= 15 is 0 Å². The zero-order valence-corrected chi connectivity index (χ0v) is 16.6. The highest BCUT2D eigenvalue weighted by atomic mass is 79.9. The molecule has 0 radical (unpaired) electrons. The molecule has 7 heteroatoms. The van der Waals surface area contributed by atoms with E-state index in [9.17, 15) is 13.2 Å². The minimum atomic E-state index is -4.42. The number of piperazine rings is 1. The van der Waals surface area contributed by atoms with E-state index in [2.05, 4.69) is 26.1 Å². The Morgan fingerprint density at radius 3 is 2.48 bits per heavy atom. The summed E-state index contributed by atoms with van der Waals surface area (Å²) in [7, 11) is 0. The molecule has 0 aromatic heterocycles. The molecule has 27 heavy (non-hydrogen) atoms. The van der Waals surface area contributed by atoms with Gasteiger partial charge in [0.2, 0.25) is 0 Å². The number of halogens is 4. The van der Waals surface area contributed by atoms with Crippen molar-refractivity contribution < 1.29 is 17.9 Å². The van der Waals surface area contributed by atoms with E-state index < -0.39 is 17.8 Å². The van der Waals surface area contributed by atoms with E-state index in [0.717, 1.165) is 29.2 Å². The number of nitrogens with zero attached hydrogens (tertiary/aromatic N) is 1. The maximum atomic E-state index is 13.7. The molecule has 1 N–H and O–H groups in total. The van der Waals surface area contributed by atoms with Gasteiger partial charge in [-0.3, -0.25) is 4.90 Å². The van der Waals surface area contributed by atoms with Gasteiger partial charge in [0.1, 0.15) is 5.75 Å². The number of hydrogen-bond donors (Lipinski definition) is 1. The topological polar surface area (TPSA) is 24.5 Å². The van der Waals surface area contributed by atoms with Crippen molar-refractivity contribution >= 4 is 15.9 Å². The molecule has 0 spiro atoms. The average molecular weight is 443 g/mol. The lowest BCUT2D eigenvalue weighted by molar-refractivity contribution is -0.138. The standard InChI is InChI=1S/C20H22BrF3N2O/c1-2-27-18-8-7-14(21)13-16(18)19(26-11-9-25-10-12-26)15-5-3-4-6-17(15)20(22,23)24/h3-8,13,19,25H,2,9-12H2,1H3. The van der Waals surface area contributed by atoms with Crippen LogP contribution in [0.2, 0.25) is 0 Å². The lowest BCUT2D eigenvalue weighted by Crippen LogP contribution is -2.45. The van der Waals surface area contributed by atoms with Crippen LogP contribution >= 0.6 is 15.9 Å². The summed E-state index contributed by atoms with van der Waals surface area (Å²) in [4.78, 5) is 2.09. The third-order valence-corrected chi connectivity index (χ3v) is 5.14. The van der Waals surface area contributed by atoms with E-state index in [4.69, 9.17) is 4.74 Å². The molecular formula is C20H22BrF3N2O. The fourth-order valence-corrected chi connectivity index (χ4v) is 3.89. The van der Waals surface area contributed by atoms with E-state index in [1.807, 2.05) is 25.1 Å². The predicted octanol–water partition coefficient (Wildman–Crippen LogP) is 4.86. The molecule has 0 aliphatic carbocycles. The van der Waals surface area contributed by atoms with Gasteiger partial charge in [-0.05, 0) is 36.8 Å². The Hall–Kier alpha value is -1.57. The van der Waals surface area contributed by atoms with Gasteiger partial charge in [-0.15, -0.1) is 0 Å². The summed E-state index contributed by atoms with van der Waals surface area (Å²) < 4.78 is 47.8. The number of ether oxygens (including phenoxy) is 1. The number of benzene rings is 2. The Morgan fingerprint density at radius 2 is 1.81 bits per heavy atom. The second-order valence-corrected chi connectivity index (χ2v) is 7.30. The molecule has 3 rings (SSSR count). The highest BCUT2D eigenvalue weighted by Gasteiger charge is 2.38. The summed E-state index contributed by atoms with van der Waals surface area (Å²) in [6.07, 6.45) is -4.42. The summed E-state index contributed by atoms with van der Waals surface area (Å²) in [6, 6.07) is 10.8. The van der Waals surface area contributed by atoms with Crippen LogP contribution < -0.4 is 10.1 Å². The van der Waals surface area contributed by atoms with Gasteiger partial charge < -0.3 is 10.1 Å². The first-order chi connectivity index (χ1) is 12.9. The van der Waals surface area contributed by atoms with Crippen LogP contribution in [0, 0.1) is 0 Å². The fourth-order valence-electron chi connectivity index (χ4n) is 3.51. The SMILES string of the molecule is CCOc1ccc(Br)cc1C(c1ccccc1C(F)(F)F)N1CCNCC1. The minimum Gasteiger partial charge on any atom is -0.494 e. The van der Waals surface area contributed by atoms with Crippen molar-refractivity contribution in [2.45, 2.75) is 19.1 Å². The highest BCUT2D eigenvalue weighted by molar-refractivity contribution is 9.10. The van der Waals surface area contributed by atoms with Crippen molar-refractivity contribution in [2.24, 2.45) is 0 Å². The monoisotopic (exact) mass is 442 g/mol. The maximum absolute atomic E-state index is 13.7. The van der Waals surface area contributed by atoms with Gasteiger partial charge in [-0.25, -0.2) is 0 Å². The Bertz CT molecular complexity index is 776. The van der Waals surface area contributed by atoms with Gasteiger partial charge in [0.25, 0.3) is 0 Å². The number of nitrogens with one attached hydrogen (secondary N) is 1. The molecule has 1 aliphatic heterocycles. The van der Waals surface area contributed by atoms with Crippen LogP contribution in [0.1, 0.15) is 29.7 Å².